The van der Waals surface area contributed by atoms with E-state index in [1.54, 1.807) is 13.2 Å². The van der Waals surface area contributed by atoms with Gasteiger partial charge in [0.25, 0.3) is 5.91 Å². The summed E-state index contributed by atoms with van der Waals surface area (Å²) in [5, 5.41) is 4.57. The van der Waals surface area contributed by atoms with Crippen LogP contribution in [0.25, 0.3) is 16.8 Å². The molecule has 7 nitrogen and oxygen atoms in total. The van der Waals surface area contributed by atoms with Crippen LogP contribution in [0.2, 0.25) is 0 Å². The van der Waals surface area contributed by atoms with Crippen molar-refractivity contribution in [2.45, 2.75) is 18.9 Å². The Hall–Kier alpha value is -3.35. The van der Waals surface area contributed by atoms with E-state index in [1.165, 1.54) is 6.08 Å². The van der Waals surface area contributed by atoms with Crippen LogP contribution in [0.5, 0.6) is 5.75 Å². The number of hydrogen-bond donors (Lipinski definition) is 3. The molecule has 26 heavy (non-hydrogen) atoms. The van der Waals surface area contributed by atoms with Gasteiger partial charge in [-0.3, -0.25) is 25.2 Å². The molecule has 0 atom stereocenters. The first-order valence-electron chi connectivity index (χ1n) is 8.22. The zero-order valence-corrected chi connectivity index (χ0v) is 14.2. The topological polar surface area (TPSA) is 96.5 Å². The molecule has 1 saturated carbocycles. The molecule has 2 aromatic rings. The van der Waals surface area contributed by atoms with Gasteiger partial charge in [0.2, 0.25) is 0 Å². The summed E-state index contributed by atoms with van der Waals surface area (Å²) in [5.74, 6) is -1.39. The molecule has 3 N–H and O–H groups in total. The lowest BCUT2D eigenvalue weighted by Gasteiger charge is -2.05. The van der Waals surface area contributed by atoms with Crippen molar-refractivity contribution in [1.29, 1.82) is 0 Å². The molecular formula is C19H19N3O4. The van der Waals surface area contributed by atoms with Crippen molar-refractivity contribution < 1.29 is 19.1 Å². The summed E-state index contributed by atoms with van der Waals surface area (Å²) in [4.78, 5) is 34.7. The van der Waals surface area contributed by atoms with E-state index in [0.29, 0.717) is 0 Å². The Morgan fingerprint density at radius 1 is 1.00 bits per heavy atom. The molecule has 7 heteroatoms. The van der Waals surface area contributed by atoms with Crippen LogP contribution in [0.3, 0.4) is 0 Å². The minimum atomic E-state index is -0.890. The fourth-order valence-corrected chi connectivity index (χ4v) is 2.34. The van der Waals surface area contributed by atoms with Gasteiger partial charge in [0, 0.05) is 12.1 Å². The highest BCUT2D eigenvalue weighted by Gasteiger charge is 2.26. The second-order valence-corrected chi connectivity index (χ2v) is 6.00. The van der Waals surface area contributed by atoms with Crippen LogP contribution < -0.4 is 20.9 Å². The maximum absolute atomic E-state index is 11.8. The highest BCUT2D eigenvalue weighted by Crippen LogP contribution is 2.22. The predicted octanol–water partition coefficient (Wildman–Crippen LogP) is 1.29. The van der Waals surface area contributed by atoms with E-state index in [9.17, 15) is 14.4 Å². The van der Waals surface area contributed by atoms with Crippen molar-refractivity contribution >= 4 is 34.6 Å². The van der Waals surface area contributed by atoms with Gasteiger partial charge < -0.3 is 10.1 Å². The molecule has 0 radical (unpaired) electrons. The smallest absolute Gasteiger partial charge is 0.327 e. The molecule has 0 heterocycles. The number of nitrogens with one attached hydrogen (secondary N) is 3. The average Bonchev–Trinajstić information content (AvgIpc) is 3.47. The molecule has 134 valence electrons. The number of ether oxygens (including phenoxy) is 1. The third-order valence-electron chi connectivity index (χ3n) is 3.92. The summed E-state index contributed by atoms with van der Waals surface area (Å²) in [6, 6.07) is 11.5. The lowest BCUT2D eigenvalue weighted by molar-refractivity contribution is -0.140. The van der Waals surface area contributed by atoms with Crippen molar-refractivity contribution in [2.24, 2.45) is 0 Å². The van der Waals surface area contributed by atoms with Crippen molar-refractivity contribution in [3.63, 3.8) is 0 Å². The summed E-state index contributed by atoms with van der Waals surface area (Å²) in [6.07, 6.45) is 4.67. The van der Waals surface area contributed by atoms with Gasteiger partial charge in [0.1, 0.15) is 5.75 Å². The number of benzene rings is 2. The molecule has 1 aliphatic rings. The molecule has 0 aromatic heterocycles. The average molecular weight is 353 g/mol. The quantitative estimate of drug-likeness (QED) is 0.438. The number of fused-ring (bicyclic) bond motifs is 1. The van der Waals surface area contributed by atoms with Gasteiger partial charge in [0.15, 0.2) is 0 Å². The van der Waals surface area contributed by atoms with Crippen LogP contribution in [-0.4, -0.2) is 30.9 Å². The Bertz CT molecular complexity index is 887. The highest BCUT2D eigenvalue weighted by molar-refractivity contribution is 6.35. The van der Waals surface area contributed by atoms with Crippen LogP contribution >= 0.6 is 0 Å². The first-order valence-corrected chi connectivity index (χ1v) is 8.22. The first-order chi connectivity index (χ1) is 12.5. The molecule has 2 aromatic carbocycles. The van der Waals surface area contributed by atoms with Crippen LogP contribution in [0, 0.1) is 0 Å². The maximum Gasteiger partial charge on any atom is 0.327 e. The Morgan fingerprint density at radius 2 is 1.73 bits per heavy atom. The first kappa shape index (κ1) is 17.5. The van der Waals surface area contributed by atoms with Crippen LogP contribution in [0.1, 0.15) is 18.4 Å². The molecule has 0 unspecified atom stereocenters. The van der Waals surface area contributed by atoms with Gasteiger partial charge in [-0.15, -0.1) is 0 Å². The molecular weight excluding hydrogens is 334 g/mol. The molecule has 1 fully saturated rings. The summed E-state index contributed by atoms with van der Waals surface area (Å²) in [6.45, 7) is 0. The second kappa shape index (κ2) is 7.69. The minimum Gasteiger partial charge on any atom is -0.497 e. The Kier molecular flexibility index (Phi) is 5.17. The number of hydrazine groups is 1. The van der Waals surface area contributed by atoms with Gasteiger partial charge in [-0.05, 0) is 53.5 Å². The monoisotopic (exact) mass is 353 g/mol. The molecule has 0 saturated heterocycles. The number of carbonyl (C=O) groups is 3. The van der Waals surface area contributed by atoms with Gasteiger partial charge in [-0.25, -0.2) is 0 Å². The van der Waals surface area contributed by atoms with E-state index in [2.05, 4.69) is 16.2 Å². The largest absolute Gasteiger partial charge is 0.497 e. The number of hydrogen-bond acceptors (Lipinski definition) is 4. The molecule has 3 amide bonds. The van der Waals surface area contributed by atoms with Gasteiger partial charge in [-0.1, -0.05) is 18.2 Å². The minimum absolute atomic E-state index is 0.0803. The van der Waals surface area contributed by atoms with E-state index in [0.717, 1.165) is 34.9 Å². The third-order valence-corrected chi connectivity index (χ3v) is 3.92. The summed E-state index contributed by atoms with van der Waals surface area (Å²) < 4.78 is 5.19. The van der Waals surface area contributed by atoms with Crippen molar-refractivity contribution in [1.82, 2.24) is 16.2 Å². The summed E-state index contributed by atoms with van der Waals surface area (Å²) in [5.41, 5.74) is 5.08. The van der Waals surface area contributed by atoms with Gasteiger partial charge in [0.05, 0.1) is 7.11 Å². The lowest BCUT2D eigenvalue weighted by atomic mass is 10.1. The van der Waals surface area contributed by atoms with Crippen LogP contribution in [-0.2, 0) is 14.4 Å². The Balaban J connectivity index is 1.54. The maximum atomic E-state index is 11.8. The fraction of sp³-hybridized carbons (Fsp3) is 0.211. The zero-order chi connectivity index (χ0) is 18.5. The summed E-state index contributed by atoms with van der Waals surface area (Å²) in [7, 11) is 1.62. The zero-order valence-electron chi connectivity index (χ0n) is 14.2. The van der Waals surface area contributed by atoms with E-state index in [1.807, 2.05) is 36.4 Å². The molecule has 0 bridgehead atoms. The van der Waals surface area contributed by atoms with Gasteiger partial charge >= 0.3 is 11.8 Å². The van der Waals surface area contributed by atoms with E-state index < -0.39 is 17.7 Å². The molecule has 3 rings (SSSR count). The van der Waals surface area contributed by atoms with Crippen LogP contribution in [0.4, 0.5) is 0 Å². The lowest BCUT2D eigenvalue weighted by Crippen LogP contribution is -2.48. The molecule has 0 aliphatic heterocycles. The van der Waals surface area contributed by atoms with Gasteiger partial charge in [-0.2, -0.15) is 0 Å². The number of methoxy groups -OCH3 is 1. The highest BCUT2D eigenvalue weighted by atomic mass is 16.5. The van der Waals surface area contributed by atoms with E-state index in [4.69, 9.17) is 4.74 Å². The summed E-state index contributed by atoms with van der Waals surface area (Å²) >= 11 is 0. The van der Waals surface area contributed by atoms with Crippen molar-refractivity contribution in [2.75, 3.05) is 7.11 Å². The Labute approximate surface area is 150 Å². The second-order valence-electron chi connectivity index (χ2n) is 6.00. The van der Waals surface area contributed by atoms with E-state index >= 15 is 0 Å². The number of rotatable bonds is 4. The van der Waals surface area contributed by atoms with Crippen LogP contribution in [0.15, 0.2) is 42.5 Å². The SMILES string of the molecule is COc1ccc2cc(/C=C/C(=O)NNC(=O)C(=O)NC3CC3)ccc2c1. The fourth-order valence-electron chi connectivity index (χ4n) is 2.34. The van der Waals surface area contributed by atoms with Crippen molar-refractivity contribution in [3.05, 3.63) is 48.0 Å². The number of carbonyl (C=O) groups excluding carboxylic acids is 3. The van der Waals surface area contributed by atoms with E-state index in [-0.39, 0.29) is 6.04 Å². The predicted molar refractivity (Wildman–Crippen MR) is 97.0 cm³/mol. The van der Waals surface area contributed by atoms with Crippen molar-refractivity contribution in [3.8, 4) is 5.75 Å². The molecule has 0 spiro atoms. The number of amides is 3. The normalized spacial score (nSPS) is 13.4. The molecule has 1 aliphatic carbocycles. The third kappa shape index (κ3) is 4.60. The Morgan fingerprint density at radius 3 is 2.46 bits per heavy atom. The standard InChI is InChI=1S/C19H19N3O4/c1-26-16-8-5-13-10-12(2-4-14(13)11-16)3-9-17(23)21-22-19(25)18(24)20-15-6-7-15/h2-5,8-11,15H,6-7H2,1H3,(H,20,24)(H,21,23)(H,22,25)/b9-3+.